The number of carbonyl (C=O) groups excluding carboxylic acids is 1. The molecule has 1 N–H and O–H groups in total. The third kappa shape index (κ3) is 4.00. The molecule has 0 bridgehead atoms. The number of aryl methyl sites for hydroxylation is 1. The van der Waals surface area contributed by atoms with E-state index in [1.807, 2.05) is 6.92 Å². The summed E-state index contributed by atoms with van der Waals surface area (Å²) in [6, 6.07) is 1.74. The monoisotopic (exact) mass is 287 g/mol. The Morgan fingerprint density at radius 2 is 2.25 bits per heavy atom. The smallest absolute Gasteiger partial charge is 0.254 e. The Bertz CT molecular complexity index is 358. The lowest BCUT2D eigenvalue weighted by Gasteiger charge is -2.23. The molecular weight excluding hydrogens is 270 g/mol. The zero-order chi connectivity index (χ0) is 12.2. The van der Waals surface area contributed by atoms with Gasteiger partial charge in [0, 0.05) is 11.9 Å². The molecule has 0 aliphatic carbocycles. The molecule has 16 heavy (non-hydrogen) atoms. The minimum absolute atomic E-state index is 0.0699. The summed E-state index contributed by atoms with van der Waals surface area (Å²) in [6.45, 7) is 6.76. The van der Waals surface area contributed by atoms with Gasteiger partial charge in [-0.25, -0.2) is 0 Å². The van der Waals surface area contributed by atoms with Gasteiger partial charge in [-0.1, -0.05) is 29.8 Å². The van der Waals surface area contributed by atoms with E-state index >= 15 is 0 Å². The number of carbonyl (C=O) groups is 1. The molecule has 0 fully saturated rings. The molecule has 0 aliphatic rings. The lowest BCUT2D eigenvalue weighted by Crippen LogP contribution is -2.34. The summed E-state index contributed by atoms with van der Waals surface area (Å²) in [7, 11) is 0. The molecule has 0 aliphatic heterocycles. The van der Waals surface area contributed by atoms with Crippen LogP contribution in [0.3, 0.4) is 0 Å². The third-order valence-corrected chi connectivity index (χ3v) is 2.89. The van der Waals surface area contributed by atoms with E-state index in [4.69, 9.17) is 4.42 Å². The highest BCUT2D eigenvalue weighted by atomic mass is 79.9. The van der Waals surface area contributed by atoms with Crippen LogP contribution < -0.4 is 5.32 Å². The normalized spacial score (nSPS) is 11.5. The van der Waals surface area contributed by atoms with E-state index in [2.05, 4.69) is 35.1 Å². The van der Waals surface area contributed by atoms with Crippen LogP contribution in [-0.2, 0) is 0 Å². The molecule has 0 saturated carbocycles. The molecule has 0 atom stereocenters. The van der Waals surface area contributed by atoms with Gasteiger partial charge in [-0.2, -0.15) is 0 Å². The quantitative estimate of drug-likeness (QED) is 0.846. The number of hydrogen-bond acceptors (Lipinski definition) is 2. The average molecular weight is 288 g/mol. The first-order chi connectivity index (χ1) is 7.44. The van der Waals surface area contributed by atoms with E-state index in [0.29, 0.717) is 12.1 Å². The summed E-state index contributed by atoms with van der Waals surface area (Å²) in [6.07, 6.45) is 2.51. The van der Waals surface area contributed by atoms with Crippen molar-refractivity contribution in [1.82, 2.24) is 5.32 Å². The largest absolute Gasteiger partial charge is 0.469 e. The van der Waals surface area contributed by atoms with Crippen LogP contribution in [0.4, 0.5) is 0 Å². The van der Waals surface area contributed by atoms with Crippen LogP contribution in [0.2, 0.25) is 0 Å². The third-order valence-electron chi connectivity index (χ3n) is 2.49. The fourth-order valence-corrected chi connectivity index (χ4v) is 2.40. The Labute approximate surface area is 105 Å². The van der Waals surface area contributed by atoms with Crippen LogP contribution in [-0.4, -0.2) is 17.8 Å². The molecule has 0 radical (unpaired) electrons. The van der Waals surface area contributed by atoms with E-state index < -0.39 is 0 Å². The Kier molecular flexibility index (Phi) is 4.59. The molecule has 0 unspecified atom stereocenters. The molecular formula is C12H18BrNO2. The maximum atomic E-state index is 11.7. The number of alkyl halides is 1. The topological polar surface area (TPSA) is 42.2 Å². The number of rotatable bonds is 5. The summed E-state index contributed by atoms with van der Waals surface area (Å²) in [5.74, 6) is 0.685. The summed E-state index contributed by atoms with van der Waals surface area (Å²) < 4.78 is 5.10. The highest BCUT2D eigenvalue weighted by molar-refractivity contribution is 9.09. The molecule has 1 amide bonds. The second kappa shape index (κ2) is 5.53. The fourth-order valence-electron chi connectivity index (χ4n) is 1.33. The number of halogens is 1. The molecule has 1 rings (SSSR count). The molecule has 0 spiro atoms. The molecule has 0 aromatic carbocycles. The number of nitrogens with one attached hydrogen (secondary N) is 1. The van der Waals surface area contributed by atoms with Crippen molar-refractivity contribution >= 4 is 21.8 Å². The maximum Gasteiger partial charge on any atom is 0.254 e. The SMILES string of the molecule is Cc1cc(C(=O)NCC(C)(C)CCBr)co1. The van der Waals surface area contributed by atoms with E-state index in [-0.39, 0.29) is 11.3 Å². The lowest BCUT2D eigenvalue weighted by molar-refractivity contribution is 0.0935. The van der Waals surface area contributed by atoms with E-state index in [1.165, 1.54) is 6.26 Å². The van der Waals surface area contributed by atoms with Gasteiger partial charge in [0.2, 0.25) is 0 Å². The molecule has 90 valence electrons. The van der Waals surface area contributed by atoms with Crippen LogP contribution in [0.25, 0.3) is 0 Å². The predicted octanol–water partition coefficient (Wildman–Crippen LogP) is 3.13. The van der Waals surface area contributed by atoms with Crippen LogP contribution in [0.5, 0.6) is 0 Å². The Morgan fingerprint density at radius 1 is 1.56 bits per heavy atom. The van der Waals surface area contributed by atoms with Crippen molar-refractivity contribution in [3.05, 3.63) is 23.7 Å². The molecule has 3 nitrogen and oxygen atoms in total. The number of amides is 1. The van der Waals surface area contributed by atoms with Gasteiger partial charge in [0.15, 0.2) is 0 Å². The van der Waals surface area contributed by atoms with Crippen LogP contribution in [0, 0.1) is 12.3 Å². The molecule has 0 saturated heterocycles. The van der Waals surface area contributed by atoms with Gasteiger partial charge in [0.25, 0.3) is 5.91 Å². The number of hydrogen-bond donors (Lipinski definition) is 1. The summed E-state index contributed by atoms with van der Waals surface area (Å²) >= 11 is 3.41. The minimum atomic E-state index is -0.0699. The van der Waals surface area contributed by atoms with Crippen molar-refractivity contribution in [2.45, 2.75) is 27.2 Å². The summed E-state index contributed by atoms with van der Waals surface area (Å²) in [4.78, 5) is 11.7. The molecule has 1 heterocycles. The van der Waals surface area contributed by atoms with E-state index in [0.717, 1.165) is 17.5 Å². The van der Waals surface area contributed by atoms with Crippen molar-refractivity contribution < 1.29 is 9.21 Å². The summed E-state index contributed by atoms with van der Waals surface area (Å²) in [5.41, 5.74) is 0.699. The highest BCUT2D eigenvalue weighted by Crippen LogP contribution is 2.20. The molecule has 1 aromatic heterocycles. The van der Waals surface area contributed by atoms with Crippen molar-refractivity contribution in [3.8, 4) is 0 Å². The Hall–Kier alpha value is -0.770. The number of furan rings is 1. The van der Waals surface area contributed by atoms with Gasteiger partial charge in [-0.15, -0.1) is 0 Å². The summed E-state index contributed by atoms with van der Waals surface area (Å²) in [5, 5.41) is 3.86. The first-order valence-electron chi connectivity index (χ1n) is 5.34. The standard InChI is InChI=1S/C12H18BrNO2/c1-9-6-10(7-16-9)11(15)14-8-12(2,3)4-5-13/h6-7H,4-5,8H2,1-3H3,(H,14,15). The van der Waals surface area contributed by atoms with Crippen molar-refractivity contribution in [2.75, 3.05) is 11.9 Å². The first kappa shape index (κ1) is 13.3. The lowest BCUT2D eigenvalue weighted by atomic mass is 9.90. The van der Waals surface area contributed by atoms with Crippen molar-refractivity contribution in [2.24, 2.45) is 5.41 Å². The Morgan fingerprint density at radius 3 is 2.75 bits per heavy atom. The van der Waals surface area contributed by atoms with Crippen LogP contribution in [0.15, 0.2) is 16.7 Å². The van der Waals surface area contributed by atoms with E-state index in [9.17, 15) is 4.79 Å². The maximum absolute atomic E-state index is 11.7. The van der Waals surface area contributed by atoms with Crippen LogP contribution in [0.1, 0.15) is 36.4 Å². The van der Waals surface area contributed by atoms with Gasteiger partial charge >= 0.3 is 0 Å². The van der Waals surface area contributed by atoms with Crippen LogP contribution >= 0.6 is 15.9 Å². The zero-order valence-electron chi connectivity index (χ0n) is 9.97. The van der Waals surface area contributed by atoms with Gasteiger partial charge in [-0.05, 0) is 24.8 Å². The minimum Gasteiger partial charge on any atom is -0.469 e. The van der Waals surface area contributed by atoms with Gasteiger partial charge < -0.3 is 9.73 Å². The van der Waals surface area contributed by atoms with Gasteiger partial charge in [0.1, 0.15) is 12.0 Å². The second-order valence-electron chi connectivity index (χ2n) is 4.73. The molecule has 4 heteroatoms. The fraction of sp³-hybridized carbons (Fsp3) is 0.583. The predicted molar refractivity (Wildman–Crippen MR) is 68.0 cm³/mol. The van der Waals surface area contributed by atoms with Crippen molar-refractivity contribution in [1.29, 1.82) is 0 Å². The van der Waals surface area contributed by atoms with E-state index in [1.54, 1.807) is 6.07 Å². The Balaban J connectivity index is 2.47. The van der Waals surface area contributed by atoms with Crippen molar-refractivity contribution in [3.63, 3.8) is 0 Å². The second-order valence-corrected chi connectivity index (χ2v) is 5.52. The molecule has 1 aromatic rings. The average Bonchev–Trinajstić information content (AvgIpc) is 2.61. The first-order valence-corrected chi connectivity index (χ1v) is 6.46. The van der Waals surface area contributed by atoms with Gasteiger partial charge in [0.05, 0.1) is 5.56 Å². The zero-order valence-corrected chi connectivity index (χ0v) is 11.6. The highest BCUT2D eigenvalue weighted by Gasteiger charge is 2.18. The van der Waals surface area contributed by atoms with Gasteiger partial charge in [-0.3, -0.25) is 4.79 Å².